The molecular weight excluding hydrogens is 255 g/mol. The van der Waals surface area contributed by atoms with Crippen LogP contribution in [0.25, 0.3) is 0 Å². The van der Waals surface area contributed by atoms with Gasteiger partial charge in [-0.15, -0.1) is 0 Å². The van der Waals surface area contributed by atoms with E-state index in [4.69, 9.17) is 4.74 Å². The smallest absolute Gasteiger partial charge is 0.380 e. The zero-order chi connectivity index (χ0) is 14.1. The summed E-state index contributed by atoms with van der Waals surface area (Å²) in [6.45, 7) is 1.88. The predicted octanol–water partition coefficient (Wildman–Crippen LogP) is 3.66. The van der Waals surface area contributed by atoms with Crippen molar-refractivity contribution >= 4 is 0 Å². The van der Waals surface area contributed by atoms with Gasteiger partial charge in [0, 0.05) is 20.1 Å². The van der Waals surface area contributed by atoms with E-state index in [1.807, 2.05) is 24.3 Å². The zero-order valence-electron chi connectivity index (χ0n) is 11.1. The molecule has 0 radical (unpaired) electrons. The van der Waals surface area contributed by atoms with Gasteiger partial charge in [0.15, 0.2) is 0 Å². The van der Waals surface area contributed by atoms with E-state index in [1.54, 1.807) is 7.11 Å². The van der Waals surface area contributed by atoms with Gasteiger partial charge in [-0.25, -0.2) is 0 Å². The Balaban J connectivity index is 2.12. The molecule has 0 atom stereocenters. The molecule has 1 N–H and O–H groups in total. The van der Waals surface area contributed by atoms with E-state index in [1.165, 1.54) is 0 Å². The predicted molar refractivity (Wildman–Crippen MR) is 68.8 cm³/mol. The van der Waals surface area contributed by atoms with Gasteiger partial charge >= 0.3 is 6.18 Å². The summed E-state index contributed by atoms with van der Waals surface area (Å²) in [4.78, 5) is 0. The van der Waals surface area contributed by atoms with E-state index < -0.39 is 12.6 Å². The summed E-state index contributed by atoms with van der Waals surface area (Å²) in [7, 11) is 1.65. The summed E-state index contributed by atoms with van der Waals surface area (Å²) in [5.74, 6) is 0. The Hall–Kier alpha value is -1.07. The standard InChI is InChI=1S/C14H20F3NO/c1-19-11-13-6-4-12(5-7-13)10-18-9-3-2-8-14(15,16)17/h4-7,18H,2-3,8-11H2,1H3. The first-order valence-corrected chi connectivity index (χ1v) is 6.35. The molecule has 0 aromatic heterocycles. The van der Waals surface area contributed by atoms with E-state index >= 15 is 0 Å². The molecule has 1 rings (SSSR count). The first-order valence-electron chi connectivity index (χ1n) is 6.35. The maximum absolute atomic E-state index is 11.9. The van der Waals surface area contributed by atoms with Crippen molar-refractivity contribution in [3.63, 3.8) is 0 Å². The number of hydrogen-bond donors (Lipinski definition) is 1. The molecular formula is C14H20F3NO. The minimum atomic E-state index is -4.03. The molecule has 0 saturated carbocycles. The Labute approximate surface area is 112 Å². The molecule has 0 amide bonds. The van der Waals surface area contributed by atoms with E-state index in [0.717, 1.165) is 11.1 Å². The molecule has 1 aromatic carbocycles. The summed E-state index contributed by atoms with van der Waals surface area (Å²) < 4.78 is 40.7. The van der Waals surface area contributed by atoms with Crippen molar-refractivity contribution in [1.82, 2.24) is 5.32 Å². The molecule has 2 nitrogen and oxygen atoms in total. The molecule has 0 aliphatic carbocycles. The van der Waals surface area contributed by atoms with Crippen molar-refractivity contribution in [2.45, 2.75) is 38.6 Å². The molecule has 0 spiro atoms. The van der Waals surface area contributed by atoms with Gasteiger partial charge in [-0.2, -0.15) is 13.2 Å². The Bertz CT molecular complexity index is 349. The van der Waals surface area contributed by atoms with Crippen molar-refractivity contribution in [2.24, 2.45) is 0 Å². The van der Waals surface area contributed by atoms with Crippen LogP contribution >= 0.6 is 0 Å². The average Bonchev–Trinajstić information content (AvgIpc) is 2.35. The summed E-state index contributed by atoms with van der Waals surface area (Å²) in [6, 6.07) is 7.97. The lowest BCUT2D eigenvalue weighted by atomic mass is 10.1. The lowest BCUT2D eigenvalue weighted by Crippen LogP contribution is -2.15. The van der Waals surface area contributed by atoms with Gasteiger partial charge in [0.05, 0.1) is 6.61 Å². The number of benzene rings is 1. The van der Waals surface area contributed by atoms with E-state index in [2.05, 4.69) is 5.32 Å². The lowest BCUT2D eigenvalue weighted by molar-refractivity contribution is -0.135. The quantitative estimate of drug-likeness (QED) is 0.731. The van der Waals surface area contributed by atoms with E-state index in [-0.39, 0.29) is 6.42 Å². The molecule has 0 saturated heterocycles. The zero-order valence-corrected chi connectivity index (χ0v) is 11.1. The van der Waals surface area contributed by atoms with Crippen LogP contribution in [-0.2, 0) is 17.9 Å². The van der Waals surface area contributed by atoms with Gasteiger partial charge in [0.1, 0.15) is 0 Å². The molecule has 19 heavy (non-hydrogen) atoms. The molecule has 5 heteroatoms. The van der Waals surface area contributed by atoms with Crippen molar-refractivity contribution < 1.29 is 17.9 Å². The van der Waals surface area contributed by atoms with Gasteiger partial charge in [-0.05, 0) is 30.5 Å². The molecule has 0 aliphatic rings. The maximum Gasteiger partial charge on any atom is 0.389 e. The Morgan fingerprint density at radius 1 is 1.05 bits per heavy atom. The average molecular weight is 275 g/mol. The van der Waals surface area contributed by atoms with Crippen LogP contribution in [0.2, 0.25) is 0 Å². The topological polar surface area (TPSA) is 21.3 Å². The van der Waals surface area contributed by atoms with Crippen LogP contribution in [0.1, 0.15) is 30.4 Å². The van der Waals surface area contributed by atoms with Crippen molar-refractivity contribution in [1.29, 1.82) is 0 Å². The Morgan fingerprint density at radius 3 is 2.26 bits per heavy atom. The monoisotopic (exact) mass is 275 g/mol. The molecule has 1 aromatic rings. The highest BCUT2D eigenvalue weighted by Gasteiger charge is 2.25. The fourth-order valence-electron chi connectivity index (χ4n) is 1.73. The summed E-state index contributed by atoms with van der Waals surface area (Å²) in [6.07, 6.45) is -4.00. The molecule has 108 valence electrons. The van der Waals surface area contributed by atoms with E-state index in [0.29, 0.717) is 26.1 Å². The second-order valence-electron chi connectivity index (χ2n) is 4.50. The number of unbranched alkanes of at least 4 members (excludes halogenated alkanes) is 1. The number of hydrogen-bond acceptors (Lipinski definition) is 2. The highest BCUT2D eigenvalue weighted by atomic mass is 19.4. The van der Waals surface area contributed by atoms with Gasteiger partial charge < -0.3 is 10.1 Å². The number of nitrogens with one attached hydrogen (secondary N) is 1. The Kier molecular flexibility index (Phi) is 6.87. The first kappa shape index (κ1) is 16.0. The SMILES string of the molecule is COCc1ccc(CNCCCCC(F)(F)F)cc1. The molecule has 0 bridgehead atoms. The molecule has 0 unspecified atom stereocenters. The van der Waals surface area contributed by atoms with Crippen LogP contribution in [0.15, 0.2) is 24.3 Å². The summed E-state index contributed by atoms with van der Waals surface area (Å²) >= 11 is 0. The number of rotatable bonds is 8. The first-order chi connectivity index (χ1) is 9.01. The van der Waals surface area contributed by atoms with Crippen molar-refractivity contribution in [3.8, 4) is 0 Å². The number of ether oxygens (including phenoxy) is 1. The van der Waals surface area contributed by atoms with Gasteiger partial charge in [0.2, 0.25) is 0 Å². The summed E-state index contributed by atoms with van der Waals surface area (Å²) in [5, 5.41) is 3.14. The fraction of sp³-hybridized carbons (Fsp3) is 0.571. The summed E-state index contributed by atoms with van der Waals surface area (Å²) in [5.41, 5.74) is 2.23. The number of methoxy groups -OCH3 is 1. The van der Waals surface area contributed by atoms with Crippen LogP contribution in [0.3, 0.4) is 0 Å². The van der Waals surface area contributed by atoms with Crippen LogP contribution in [-0.4, -0.2) is 19.8 Å². The lowest BCUT2D eigenvalue weighted by Gasteiger charge is -2.07. The molecule has 0 fully saturated rings. The highest BCUT2D eigenvalue weighted by molar-refractivity contribution is 5.21. The third-order valence-corrected chi connectivity index (χ3v) is 2.73. The number of alkyl halides is 3. The van der Waals surface area contributed by atoms with Gasteiger partial charge in [0.25, 0.3) is 0 Å². The molecule has 0 aliphatic heterocycles. The van der Waals surface area contributed by atoms with Crippen LogP contribution in [0.5, 0.6) is 0 Å². The van der Waals surface area contributed by atoms with Crippen molar-refractivity contribution in [2.75, 3.05) is 13.7 Å². The minimum absolute atomic E-state index is 0.184. The highest BCUT2D eigenvalue weighted by Crippen LogP contribution is 2.21. The maximum atomic E-state index is 11.9. The minimum Gasteiger partial charge on any atom is -0.380 e. The third kappa shape index (κ3) is 7.85. The second-order valence-corrected chi connectivity index (χ2v) is 4.50. The van der Waals surface area contributed by atoms with Crippen LogP contribution < -0.4 is 5.32 Å². The fourth-order valence-corrected chi connectivity index (χ4v) is 1.73. The largest absolute Gasteiger partial charge is 0.389 e. The molecule has 0 heterocycles. The normalized spacial score (nSPS) is 11.8. The van der Waals surface area contributed by atoms with Gasteiger partial charge in [-0.3, -0.25) is 0 Å². The van der Waals surface area contributed by atoms with Crippen molar-refractivity contribution in [3.05, 3.63) is 35.4 Å². The second kappa shape index (κ2) is 8.17. The Morgan fingerprint density at radius 2 is 1.68 bits per heavy atom. The van der Waals surface area contributed by atoms with Crippen LogP contribution in [0, 0.1) is 0 Å². The van der Waals surface area contributed by atoms with Gasteiger partial charge in [-0.1, -0.05) is 24.3 Å². The van der Waals surface area contributed by atoms with E-state index in [9.17, 15) is 13.2 Å². The van der Waals surface area contributed by atoms with Crippen LogP contribution in [0.4, 0.5) is 13.2 Å². The number of halogens is 3. The third-order valence-electron chi connectivity index (χ3n) is 2.73.